The van der Waals surface area contributed by atoms with Crippen LogP contribution in [0.25, 0.3) is 0 Å². The summed E-state index contributed by atoms with van der Waals surface area (Å²) in [5, 5.41) is 0.688. The molecular weight excluding hydrogens is 308 g/mol. The van der Waals surface area contributed by atoms with Crippen LogP contribution in [-0.4, -0.2) is 23.4 Å². The Labute approximate surface area is 141 Å². The average molecular weight is 327 g/mol. The topological polar surface area (TPSA) is 23.6 Å². The van der Waals surface area contributed by atoms with E-state index < -0.39 is 0 Å². The summed E-state index contributed by atoms with van der Waals surface area (Å²) in [6.07, 6.45) is 2.02. The Balaban J connectivity index is 1.79. The van der Waals surface area contributed by atoms with Crippen LogP contribution in [0.1, 0.15) is 30.1 Å². The Morgan fingerprint density at radius 3 is 2.43 bits per heavy atom. The Kier molecular flexibility index (Phi) is 3.63. The van der Waals surface area contributed by atoms with Crippen molar-refractivity contribution < 1.29 is 4.79 Å². The zero-order chi connectivity index (χ0) is 16.0. The van der Waals surface area contributed by atoms with Crippen molar-refractivity contribution in [1.29, 1.82) is 0 Å². The van der Waals surface area contributed by atoms with Gasteiger partial charge in [0, 0.05) is 17.3 Å². The number of fused-ring (bicyclic) bond motifs is 1. The summed E-state index contributed by atoms with van der Waals surface area (Å²) in [4.78, 5) is 17.2. The molecule has 0 spiro atoms. The number of halogens is 1. The van der Waals surface area contributed by atoms with Crippen LogP contribution >= 0.6 is 11.6 Å². The van der Waals surface area contributed by atoms with Gasteiger partial charge in [-0.1, -0.05) is 41.4 Å². The maximum absolute atomic E-state index is 13.0. The third-order valence-corrected chi connectivity index (χ3v) is 5.11. The van der Waals surface area contributed by atoms with Gasteiger partial charge in [0.2, 0.25) is 5.91 Å². The zero-order valence-corrected chi connectivity index (χ0v) is 13.8. The van der Waals surface area contributed by atoms with E-state index in [1.807, 2.05) is 29.2 Å². The van der Waals surface area contributed by atoms with E-state index in [2.05, 4.69) is 36.1 Å². The molecule has 2 aliphatic rings. The first-order chi connectivity index (χ1) is 11.1. The third-order valence-electron chi connectivity index (χ3n) is 4.86. The van der Waals surface area contributed by atoms with Crippen LogP contribution in [0, 0.1) is 6.92 Å². The van der Waals surface area contributed by atoms with Gasteiger partial charge in [-0.15, -0.1) is 0 Å². The molecule has 2 aromatic carbocycles. The van der Waals surface area contributed by atoms with Gasteiger partial charge in [0.1, 0.15) is 6.17 Å². The Morgan fingerprint density at radius 2 is 1.74 bits per heavy atom. The van der Waals surface area contributed by atoms with E-state index in [4.69, 9.17) is 11.6 Å². The van der Waals surface area contributed by atoms with Gasteiger partial charge in [-0.05, 0) is 49.6 Å². The molecule has 2 atom stereocenters. The molecule has 1 amide bonds. The number of rotatable bonds is 2. The maximum atomic E-state index is 13.0. The summed E-state index contributed by atoms with van der Waals surface area (Å²) < 4.78 is 0. The van der Waals surface area contributed by atoms with Crippen molar-refractivity contribution in [3.8, 4) is 0 Å². The molecule has 2 fully saturated rings. The van der Waals surface area contributed by atoms with Crippen molar-refractivity contribution in [3.05, 3.63) is 64.7 Å². The van der Waals surface area contributed by atoms with Crippen LogP contribution in [0.3, 0.4) is 0 Å². The molecule has 3 nitrogen and oxygen atoms in total. The summed E-state index contributed by atoms with van der Waals surface area (Å²) in [5.74, 6) is 0.204. The second-order valence-electron chi connectivity index (χ2n) is 6.36. The van der Waals surface area contributed by atoms with E-state index in [-0.39, 0.29) is 18.1 Å². The Morgan fingerprint density at radius 1 is 1.04 bits per heavy atom. The number of nitrogens with zero attached hydrogens (tertiary/aromatic N) is 2. The zero-order valence-electron chi connectivity index (χ0n) is 13.1. The highest BCUT2D eigenvalue weighted by Crippen LogP contribution is 2.42. The van der Waals surface area contributed by atoms with Gasteiger partial charge >= 0.3 is 0 Å². The van der Waals surface area contributed by atoms with Gasteiger partial charge in [-0.3, -0.25) is 14.6 Å². The van der Waals surface area contributed by atoms with Crippen molar-refractivity contribution in [2.24, 2.45) is 0 Å². The minimum atomic E-state index is -0.0169. The summed E-state index contributed by atoms with van der Waals surface area (Å²) >= 11 is 6.01. The molecule has 2 saturated heterocycles. The van der Waals surface area contributed by atoms with E-state index in [0.717, 1.165) is 25.1 Å². The molecule has 0 bridgehead atoms. The summed E-state index contributed by atoms with van der Waals surface area (Å²) in [5.41, 5.74) is 3.32. The largest absolute Gasteiger partial charge is 0.291 e. The van der Waals surface area contributed by atoms with Crippen molar-refractivity contribution in [1.82, 2.24) is 4.90 Å². The number of hydrogen-bond donors (Lipinski definition) is 0. The minimum Gasteiger partial charge on any atom is -0.291 e. The molecule has 118 valence electrons. The molecule has 0 N–H and O–H groups in total. The Bertz CT molecular complexity index is 726. The van der Waals surface area contributed by atoms with Crippen molar-refractivity contribution in [2.75, 3.05) is 11.4 Å². The highest BCUT2D eigenvalue weighted by Gasteiger charge is 2.49. The summed E-state index contributed by atoms with van der Waals surface area (Å²) in [6, 6.07) is 16.1. The molecule has 23 heavy (non-hydrogen) atoms. The fourth-order valence-corrected chi connectivity index (χ4v) is 3.85. The highest BCUT2D eigenvalue weighted by atomic mass is 35.5. The molecule has 2 aromatic rings. The molecule has 0 aliphatic carbocycles. The molecule has 0 unspecified atom stereocenters. The molecule has 4 rings (SSSR count). The standard InChI is InChI=1S/C19H19ClN2O/c1-13-4-6-14(7-5-13)18-21-12-2-3-17(21)19(23)22(18)16-10-8-15(20)9-11-16/h4-11,17-18H,2-3,12H2,1H3/t17-,18+/m0/s1. The van der Waals surface area contributed by atoms with Crippen molar-refractivity contribution in [3.63, 3.8) is 0 Å². The predicted molar refractivity (Wildman–Crippen MR) is 92.6 cm³/mol. The maximum Gasteiger partial charge on any atom is 0.246 e. The van der Waals surface area contributed by atoms with Crippen molar-refractivity contribution >= 4 is 23.2 Å². The van der Waals surface area contributed by atoms with Gasteiger partial charge < -0.3 is 0 Å². The molecule has 2 heterocycles. The highest BCUT2D eigenvalue weighted by molar-refractivity contribution is 6.30. The smallest absolute Gasteiger partial charge is 0.246 e. The lowest BCUT2D eigenvalue weighted by molar-refractivity contribution is -0.119. The first-order valence-corrected chi connectivity index (χ1v) is 8.44. The van der Waals surface area contributed by atoms with E-state index in [0.29, 0.717) is 5.02 Å². The minimum absolute atomic E-state index is 0.0111. The number of hydrogen-bond acceptors (Lipinski definition) is 2. The first kappa shape index (κ1) is 14.7. The summed E-state index contributed by atoms with van der Waals surface area (Å²) in [7, 11) is 0. The summed E-state index contributed by atoms with van der Waals surface area (Å²) in [6.45, 7) is 3.05. The van der Waals surface area contributed by atoms with Gasteiger partial charge in [0.05, 0.1) is 6.04 Å². The number of carbonyl (C=O) groups is 1. The molecule has 4 heteroatoms. The van der Waals surface area contributed by atoms with Gasteiger partial charge in [0.25, 0.3) is 0 Å². The monoisotopic (exact) mass is 326 g/mol. The number of amides is 1. The second kappa shape index (κ2) is 5.66. The second-order valence-corrected chi connectivity index (χ2v) is 6.80. The van der Waals surface area contributed by atoms with Crippen LogP contribution in [-0.2, 0) is 4.79 Å². The lowest BCUT2D eigenvalue weighted by atomic mass is 10.1. The molecule has 0 aromatic heterocycles. The SMILES string of the molecule is Cc1ccc([C@H]2N(c3ccc(Cl)cc3)C(=O)[C@@H]3CCCN32)cc1. The lowest BCUT2D eigenvalue weighted by Crippen LogP contribution is -2.32. The van der Waals surface area contributed by atoms with Crippen LogP contribution in [0.15, 0.2) is 48.5 Å². The van der Waals surface area contributed by atoms with E-state index in [9.17, 15) is 4.79 Å². The fraction of sp³-hybridized carbons (Fsp3) is 0.316. The molecular formula is C19H19ClN2O. The third kappa shape index (κ3) is 2.44. The number of anilines is 1. The van der Waals surface area contributed by atoms with Gasteiger partial charge in [0.15, 0.2) is 0 Å². The molecule has 0 saturated carbocycles. The molecule has 2 aliphatic heterocycles. The fourth-order valence-electron chi connectivity index (χ4n) is 3.73. The van der Waals surface area contributed by atoms with Crippen LogP contribution < -0.4 is 4.90 Å². The van der Waals surface area contributed by atoms with Crippen LogP contribution in [0.2, 0.25) is 5.02 Å². The number of carbonyl (C=O) groups excluding carboxylic acids is 1. The average Bonchev–Trinajstić information content (AvgIpc) is 3.12. The van der Waals surface area contributed by atoms with E-state index in [1.54, 1.807) is 0 Å². The lowest BCUT2D eigenvalue weighted by Gasteiger charge is -2.30. The predicted octanol–water partition coefficient (Wildman–Crippen LogP) is 4.16. The van der Waals surface area contributed by atoms with E-state index >= 15 is 0 Å². The van der Waals surface area contributed by atoms with E-state index in [1.165, 1.54) is 11.1 Å². The number of benzene rings is 2. The quantitative estimate of drug-likeness (QED) is 0.827. The first-order valence-electron chi connectivity index (χ1n) is 8.06. The number of aryl methyl sites for hydroxylation is 1. The Hall–Kier alpha value is -1.84. The van der Waals surface area contributed by atoms with Gasteiger partial charge in [-0.25, -0.2) is 0 Å². The normalized spacial score (nSPS) is 24.3. The van der Waals surface area contributed by atoms with Crippen LogP contribution in [0.4, 0.5) is 5.69 Å². The van der Waals surface area contributed by atoms with Crippen molar-refractivity contribution in [2.45, 2.75) is 32.0 Å². The van der Waals surface area contributed by atoms with Crippen LogP contribution in [0.5, 0.6) is 0 Å². The molecule has 0 radical (unpaired) electrons. The van der Waals surface area contributed by atoms with Gasteiger partial charge in [-0.2, -0.15) is 0 Å².